The van der Waals surface area contributed by atoms with E-state index in [1.54, 1.807) is 11.9 Å². The van der Waals surface area contributed by atoms with Gasteiger partial charge in [0, 0.05) is 38.0 Å². The number of carbonyl (C=O) groups is 2. The van der Waals surface area contributed by atoms with Crippen molar-refractivity contribution >= 4 is 11.7 Å². The highest BCUT2D eigenvalue weighted by Crippen LogP contribution is 2.19. The number of carbonyl (C=O) groups excluding carboxylic acids is 2. The monoisotopic (exact) mass is 336 g/mol. The topological polar surface area (TPSA) is 49.9 Å². The summed E-state index contributed by atoms with van der Waals surface area (Å²) in [6.07, 6.45) is 2.29. The van der Waals surface area contributed by atoms with Gasteiger partial charge < -0.3 is 14.5 Å². The van der Waals surface area contributed by atoms with E-state index in [2.05, 4.69) is 4.90 Å². The number of hydrogen-bond acceptors (Lipinski definition) is 4. The normalized spacial score (nSPS) is 18.2. The van der Waals surface area contributed by atoms with Crippen LogP contribution in [0.1, 0.15) is 36.0 Å². The molecule has 5 nitrogen and oxygen atoms in total. The minimum atomic E-state index is -0.572. The quantitative estimate of drug-likeness (QED) is 0.748. The molecule has 0 N–H and O–H groups in total. The van der Waals surface area contributed by atoms with Crippen molar-refractivity contribution in [2.75, 3.05) is 34.3 Å². The van der Waals surface area contributed by atoms with E-state index in [1.807, 2.05) is 7.05 Å². The van der Waals surface area contributed by atoms with E-state index in [9.17, 15) is 14.0 Å². The summed E-state index contributed by atoms with van der Waals surface area (Å²) < 4.78 is 18.5. The number of amides is 1. The first kappa shape index (κ1) is 18.4. The molecule has 24 heavy (non-hydrogen) atoms. The molecule has 1 atom stereocenters. The second-order valence-electron chi connectivity index (χ2n) is 6.34. The third kappa shape index (κ3) is 4.54. The molecular weight excluding hydrogens is 311 g/mol. The van der Waals surface area contributed by atoms with E-state index >= 15 is 0 Å². The van der Waals surface area contributed by atoms with E-state index in [1.165, 1.54) is 19.2 Å². The Morgan fingerprint density at radius 2 is 2.12 bits per heavy atom. The van der Waals surface area contributed by atoms with Crippen LogP contribution in [0.4, 0.5) is 4.39 Å². The molecule has 0 bridgehead atoms. The lowest BCUT2D eigenvalue weighted by atomic mass is 10.0. The minimum Gasteiger partial charge on any atom is -0.494 e. The summed E-state index contributed by atoms with van der Waals surface area (Å²) in [6, 6.07) is 4.30. The summed E-state index contributed by atoms with van der Waals surface area (Å²) in [5.74, 6) is -0.752. The van der Waals surface area contributed by atoms with Crippen molar-refractivity contribution in [1.29, 1.82) is 0 Å². The molecule has 0 aliphatic carbocycles. The average Bonchev–Trinajstić information content (AvgIpc) is 2.58. The van der Waals surface area contributed by atoms with Gasteiger partial charge in [0.1, 0.15) is 0 Å². The van der Waals surface area contributed by atoms with Crippen LogP contribution in [0.3, 0.4) is 0 Å². The van der Waals surface area contributed by atoms with E-state index in [-0.39, 0.29) is 41.9 Å². The highest BCUT2D eigenvalue weighted by molar-refractivity contribution is 5.98. The molecule has 1 amide bonds. The molecule has 0 spiro atoms. The predicted octanol–water partition coefficient (Wildman–Crippen LogP) is 2.35. The van der Waals surface area contributed by atoms with Crippen LogP contribution in [-0.4, -0.2) is 61.8 Å². The first-order chi connectivity index (χ1) is 11.4. The molecule has 1 unspecified atom stereocenters. The van der Waals surface area contributed by atoms with Crippen molar-refractivity contribution in [1.82, 2.24) is 9.80 Å². The first-order valence-corrected chi connectivity index (χ1v) is 8.23. The molecule has 2 rings (SSSR count). The lowest BCUT2D eigenvalue weighted by Crippen LogP contribution is -2.47. The van der Waals surface area contributed by atoms with Gasteiger partial charge in [-0.1, -0.05) is 0 Å². The number of halogens is 1. The fourth-order valence-corrected chi connectivity index (χ4v) is 3.04. The van der Waals surface area contributed by atoms with Crippen molar-refractivity contribution < 1.29 is 18.7 Å². The molecule has 1 aliphatic heterocycles. The third-order valence-corrected chi connectivity index (χ3v) is 4.58. The number of Topliss-reactive ketones (excluding diaryl/α,β-unsaturated/α-hetero) is 1. The smallest absolute Gasteiger partial charge is 0.223 e. The SMILES string of the molecule is COc1ccc(C(=O)CCC(=O)N(C)C2CCCN(C)C2)cc1F. The molecule has 0 aromatic heterocycles. The molecule has 1 aromatic carbocycles. The number of likely N-dealkylation sites (N-methyl/N-ethyl adjacent to an activating group) is 2. The zero-order valence-electron chi connectivity index (χ0n) is 14.5. The van der Waals surface area contributed by atoms with Crippen LogP contribution in [0.5, 0.6) is 5.75 Å². The van der Waals surface area contributed by atoms with E-state index < -0.39 is 5.82 Å². The van der Waals surface area contributed by atoms with Gasteiger partial charge in [0.2, 0.25) is 5.91 Å². The van der Waals surface area contributed by atoms with Crippen LogP contribution in [0, 0.1) is 5.82 Å². The van der Waals surface area contributed by atoms with Crippen molar-refractivity contribution in [2.24, 2.45) is 0 Å². The van der Waals surface area contributed by atoms with Gasteiger partial charge in [0.15, 0.2) is 17.3 Å². The standard InChI is InChI=1S/C18H25FN2O3/c1-20-10-4-5-14(12-20)21(2)18(23)9-7-16(22)13-6-8-17(24-3)15(19)11-13/h6,8,11,14H,4-5,7,9-10,12H2,1-3H3. The van der Waals surface area contributed by atoms with Crippen molar-refractivity contribution in [2.45, 2.75) is 31.7 Å². The first-order valence-electron chi connectivity index (χ1n) is 8.23. The lowest BCUT2D eigenvalue weighted by Gasteiger charge is -2.35. The molecule has 1 fully saturated rings. The van der Waals surface area contributed by atoms with Crippen molar-refractivity contribution in [3.8, 4) is 5.75 Å². The Labute approximate surface area is 142 Å². The maximum absolute atomic E-state index is 13.7. The summed E-state index contributed by atoms with van der Waals surface area (Å²) in [6.45, 7) is 1.92. The highest BCUT2D eigenvalue weighted by Gasteiger charge is 2.24. The van der Waals surface area contributed by atoms with E-state index in [4.69, 9.17) is 4.74 Å². The predicted molar refractivity (Wildman–Crippen MR) is 89.8 cm³/mol. The Kier molecular flexibility index (Phi) is 6.31. The molecule has 1 aliphatic rings. The maximum atomic E-state index is 13.7. The van der Waals surface area contributed by atoms with Gasteiger partial charge in [-0.2, -0.15) is 0 Å². The Bertz CT molecular complexity index is 606. The van der Waals surface area contributed by atoms with Crippen LogP contribution in [0.2, 0.25) is 0 Å². The summed E-state index contributed by atoms with van der Waals surface area (Å²) in [5.41, 5.74) is 0.265. The van der Waals surface area contributed by atoms with Gasteiger partial charge in [-0.25, -0.2) is 4.39 Å². The fourth-order valence-electron chi connectivity index (χ4n) is 3.04. The number of likely N-dealkylation sites (tertiary alicyclic amines) is 1. The number of hydrogen-bond donors (Lipinski definition) is 0. The summed E-state index contributed by atoms with van der Waals surface area (Å²) in [4.78, 5) is 28.4. The Hall–Kier alpha value is -1.95. The van der Waals surface area contributed by atoms with Crippen molar-refractivity contribution in [3.05, 3.63) is 29.6 Å². The molecule has 132 valence electrons. The second kappa shape index (κ2) is 8.24. The van der Waals surface area contributed by atoms with Gasteiger partial charge in [-0.3, -0.25) is 9.59 Å². The van der Waals surface area contributed by atoms with Gasteiger partial charge >= 0.3 is 0 Å². The van der Waals surface area contributed by atoms with Gasteiger partial charge in [0.05, 0.1) is 7.11 Å². The second-order valence-corrected chi connectivity index (χ2v) is 6.34. The van der Waals surface area contributed by atoms with Crippen LogP contribution < -0.4 is 4.74 Å². The largest absolute Gasteiger partial charge is 0.494 e. The number of benzene rings is 1. The average molecular weight is 336 g/mol. The highest BCUT2D eigenvalue weighted by atomic mass is 19.1. The molecule has 6 heteroatoms. The Morgan fingerprint density at radius 3 is 2.75 bits per heavy atom. The number of rotatable bonds is 6. The minimum absolute atomic E-state index is 0.0439. The zero-order chi connectivity index (χ0) is 17.7. The number of methoxy groups -OCH3 is 1. The van der Waals surface area contributed by atoms with Crippen LogP contribution >= 0.6 is 0 Å². The van der Waals surface area contributed by atoms with Gasteiger partial charge in [-0.15, -0.1) is 0 Å². The summed E-state index contributed by atoms with van der Waals surface area (Å²) in [5, 5.41) is 0. The summed E-state index contributed by atoms with van der Waals surface area (Å²) >= 11 is 0. The van der Waals surface area contributed by atoms with Crippen LogP contribution in [0.25, 0.3) is 0 Å². The Morgan fingerprint density at radius 1 is 1.38 bits per heavy atom. The molecule has 1 aromatic rings. The van der Waals surface area contributed by atoms with Crippen LogP contribution in [0.15, 0.2) is 18.2 Å². The fraction of sp³-hybridized carbons (Fsp3) is 0.556. The number of piperidine rings is 1. The Balaban J connectivity index is 1.88. The zero-order valence-corrected chi connectivity index (χ0v) is 14.5. The molecule has 0 radical (unpaired) electrons. The lowest BCUT2D eigenvalue weighted by molar-refractivity contribution is -0.132. The molecule has 1 saturated heterocycles. The number of ketones is 1. The maximum Gasteiger partial charge on any atom is 0.223 e. The molecular formula is C18H25FN2O3. The van der Waals surface area contributed by atoms with Gasteiger partial charge in [0.25, 0.3) is 0 Å². The van der Waals surface area contributed by atoms with E-state index in [0.717, 1.165) is 32.0 Å². The van der Waals surface area contributed by atoms with Gasteiger partial charge in [-0.05, 0) is 44.6 Å². The molecule has 0 saturated carbocycles. The van der Waals surface area contributed by atoms with E-state index in [0.29, 0.717) is 0 Å². The van der Waals surface area contributed by atoms with Crippen LogP contribution in [-0.2, 0) is 4.79 Å². The number of ether oxygens (including phenoxy) is 1. The number of nitrogens with zero attached hydrogens (tertiary/aromatic N) is 2. The molecule has 1 heterocycles. The summed E-state index contributed by atoms with van der Waals surface area (Å²) in [7, 11) is 5.22. The third-order valence-electron chi connectivity index (χ3n) is 4.58. The van der Waals surface area contributed by atoms with Crippen molar-refractivity contribution in [3.63, 3.8) is 0 Å².